The number of carbonyl (C=O) groups is 2. The van der Waals surface area contributed by atoms with Crippen molar-refractivity contribution in [3.8, 4) is 0 Å². The Kier molecular flexibility index (Phi) is 6.49. The number of aromatic amines is 1. The van der Waals surface area contributed by atoms with E-state index in [2.05, 4.69) is 11.6 Å². The second-order valence-electron chi connectivity index (χ2n) is 10.4. The van der Waals surface area contributed by atoms with Crippen LogP contribution in [0.5, 0.6) is 0 Å². The van der Waals surface area contributed by atoms with Gasteiger partial charge in [0.25, 0.3) is 5.91 Å². The first-order chi connectivity index (χ1) is 18.7. The molecule has 5 heterocycles. The second-order valence-corrected chi connectivity index (χ2v) is 10.4. The minimum Gasteiger partial charge on any atom is -0.480 e. The monoisotopic (exact) mass is 542 g/mol. The number of fused-ring (bicyclic) bond motifs is 6. The number of piperidine rings is 1. The van der Waals surface area contributed by atoms with Crippen molar-refractivity contribution in [3.05, 3.63) is 60.0 Å². The number of benzene rings is 1. The van der Waals surface area contributed by atoms with Crippen LogP contribution in [0, 0.1) is 11.8 Å². The normalized spacial score (nSPS) is 37.8. The van der Waals surface area contributed by atoms with E-state index < -0.39 is 79.4 Å². The van der Waals surface area contributed by atoms with Crippen LogP contribution >= 0.6 is 0 Å². The fourth-order valence-electron chi connectivity index (χ4n) is 6.40. The number of carbonyl (C=O) groups excluding carboxylic acids is 1. The summed E-state index contributed by atoms with van der Waals surface area (Å²) in [5, 5.41) is 51.1. The summed E-state index contributed by atoms with van der Waals surface area (Å²) < 4.78 is 17.1. The molecule has 2 aromatic rings. The molecule has 2 saturated heterocycles. The molecule has 2 fully saturated rings. The molecule has 12 heteroatoms. The van der Waals surface area contributed by atoms with Crippen molar-refractivity contribution in [2.24, 2.45) is 11.8 Å². The summed E-state index contributed by atoms with van der Waals surface area (Å²) in [6.07, 6.45) is -5.14. The van der Waals surface area contributed by atoms with Crippen molar-refractivity contribution < 1.29 is 49.3 Å². The summed E-state index contributed by atoms with van der Waals surface area (Å²) in [6, 6.07) is 6.01. The average molecular weight is 543 g/mol. The van der Waals surface area contributed by atoms with Crippen LogP contribution in [0.3, 0.4) is 0 Å². The van der Waals surface area contributed by atoms with Crippen LogP contribution < -0.4 is 0 Å². The van der Waals surface area contributed by atoms with Crippen LogP contribution in [0.25, 0.3) is 10.9 Å². The number of aliphatic carboxylic acids is 1. The number of hydrogen-bond acceptors (Lipinski definition) is 9. The first-order valence-electron chi connectivity index (χ1n) is 12.8. The lowest BCUT2D eigenvalue weighted by molar-refractivity contribution is -0.339. The summed E-state index contributed by atoms with van der Waals surface area (Å²) >= 11 is 0. The zero-order valence-electron chi connectivity index (χ0n) is 20.8. The van der Waals surface area contributed by atoms with E-state index in [4.69, 9.17) is 14.2 Å². The maximum absolute atomic E-state index is 13.8. The van der Waals surface area contributed by atoms with Crippen LogP contribution in [0.1, 0.15) is 23.7 Å². The molecule has 1 amide bonds. The van der Waals surface area contributed by atoms with Gasteiger partial charge in [-0.15, -0.1) is 6.58 Å². The van der Waals surface area contributed by atoms with E-state index >= 15 is 0 Å². The SMILES string of the molecule is C=C[C@H]1[C@H](O[C@@H]2O[C@H](CO)[C@@H](O)[C@H](O)[C@H]2O)OC=C2C(=O)N3[C@H](C[C@H]21)c1[nH]c2ccccc2c1C[C@H]3C(=O)O. The highest BCUT2D eigenvalue weighted by Crippen LogP contribution is 2.49. The molecule has 1 aromatic carbocycles. The number of amides is 1. The summed E-state index contributed by atoms with van der Waals surface area (Å²) in [5.41, 5.74) is 2.81. The van der Waals surface area contributed by atoms with Crippen molar-refractivity contribution in [3.63, 3.8) is 0 Å². The molecule has 10 atom stereocenters. The standard InChI is InChI=1S/C27H30N2O10/c1-2-11-13-7-17-20-14(12-5-3-4-6-16(12)28-20)8-18(25(35)36)29(17)24(34)15(13)10-37-26(11)39-27-23(33)22(32)21(31)19(9-30)38-27/h2-6,10-11,13,17-19,21-23,26-28,30-33H,1,7-9H2,(H,35,36)/t11-,13+,17-,18+,19-,21-,22+,23-,26+,27+/m1/s1. The van der Waals surface area contributed by atoms with Gasteiger partial charge in [-0.3, -0.25) is 4.79 Å². The molecule has 39 heavy (non-hydrogen) atoms. The van der Waals surface area contributed by atoms with Crippen molar-refractivity contribution in [1.29, 1.82) is 0 Å². The fraction of sp³-hybridized carbons (Fsp3) is 0.481. The van der Waals surface area contributed by atoms with Crippen LogP contribution in [0.4, 0.5) is 0 Å². The number of carboxylic acid groups (broad SMARTS) is 1. The minimum absolute atomic E-state index is 0.170. The van der Waals surface area contributed by atoms with Crippen molar-refractivity contribution in [2.75, 3.05) is 6.61 Å². The lowest BCUT2D eigenvalue weighted by Gasteiger charge is -2.49. The number of aliphatic hydroxyl groups excluding tert-OH is 4. The number of nitrogens with zero attached hydrogens (tertiary/aromatic N) is 1. The van der Waals surface area contributed by atoms with Crippen LogP contribution in [-0.2, 0) is 30.2 Å². The van der Waals surface area contributed by atoms with Gasteiger partial charge in [0.2, 0.25) is 6.29 Å². The molecule has 208 valence electrons. The van der Waals surface area contributed by atoms with Crippen molar-refractivity contribution >= 4 is 22.8 Å². The molecule has 4 aliphatic rings. The number of rotatable bonds is 5. The molecular formula is C27H30N2O10. The number of ether oxygens (including phenoxy) is 3. The van der Waals surface area contributed by atoms with E-state index in [0.717, 1.165) is 22.2 Å². The first-order valence-corrected chi connectivity index (χ1v) is 12.8. The third-order valence-corrected chi connectivity index (χ3v) is 8.39. The Morgan fingerprint density at radius 2 is 1.95 bits per heavy atom. The zero-order chi connectivity index (χ0) is 27.6. The summed E-state index contributed by atoms with van der Waals surface area (Å²) in [4.78, 5) is 30.9. The molecule has 0 spiro atoms. The molecule has 6 N–H and O–H groups in total. The maximum Gasteiger partial charge on any atom is 0.326 e. The van der Waals surface area contributed by atoms with Gasteiger partial charge < -0.3 is 49.6 Å². The van der Waals surface area contributed by atoms with Gasteiger partial charge in [-0.25, -0.2) is 4.79 Å². The van der Waals surface area contributed by atoms with Gasteiger partial charge in [0.05, 0.1) is 24.5 Å². The zero-order valence-corrected chi connectivity index (χ0v) is 20.8. The molecule has 0 saturated carbocycles. The summed E-state index contributed by atoms with van der Waals surface area (Å²) in [6.45, 7) is 3.29. The van der Waals surface area contributed by atoms with E-state index in [1.54, 1.807) is 6.08 Å². The van der Waals surface area contributed by atoms with Gasteiger partial charge >= 0.3 is 5.97 Å². The Balaban J connectivity index is 1.33. The van der Waals surface area contributed by atoms with Crippen molar-refractivity contribution in [2.45, 2.75) is 61.9 Å². The summed E-state index contributed by atoms with van der Waals surface area (Å²) in [5.74, 6) is -2.62. The predicted molar refractivity (Wildman–Crippen MR) is 133 cm³/mol. The van der Waals surface area contributed by atoms with E-state index in [0.29, 0.717) is 6.42 Å². The summed E-state index contributed by atoms with van der Waals surface area (Å²) in [7, 11) is 0. The Morgan fingerprint density at radius 1 is 1.18 bits per heavy atom. The topological polar surface area (TPSA) is 182 Å². The average Bonchev–Trinajstić information content (AvgIpc) is 3.31. The number of para-hydroxylation sites is 1. The van der Waals surface area contributed by atoms with E-state index in [-0.39, 0.29) is 12.0 Å². The molecular weight excluding hydrogens is 512 g/mol. The Morgan fingerprint density at radius 3 is 2.67 bits per heavy atom. The molecule has 1 aromatic heterocycles. The maximum atomic E-state index is 13.8. The van der Waals surface area contributed by atoms with Gasteiger partial charge in [-0.05, 0) is 18.1 Å². The molecule has 4 aliphatic heterocycles. The predicted octanol–water partition coefficient (Wildman–Crippen LogP) is -0.0743. The largest absolute Gasteiger partial charge is 0.480 e. The van der Waals surface area contributed by atoms with E-state index in [1.807, 2.05) is 24.3 Å². The van der Waals surface area contributed by atoms with Gasteiger partial charge in [-0.1, -0.05) is 24.3 Å². The van der Waals surface area contributed by atoms with Gasteiger partial charge in [0, 0.05) is 34.9 Å². The van der Waals surface area contributed by atoms with Crippen LogP contribution in [0.2, 0.25) is 0 Å². The van der Waals surface area contributed by atoms with Gasteiger partial charge in [0.1, 0.15) is 30.5 Å². The first kappa shape index (κ1) is 26.0. The Hall–Kier alpha value is -3.26. The second kappa shape index (κ2) is 9.73. The highest BCUT2D eigenvalue weighted by molar-refractivity contribution is 5.99. The molecule has 12 nitrogen and oxygen atoms in total. The number of aliphatic hydroxyl groups is 4. The third kappa shape index (κ3) is 3.98. The van der Waals surface area contributed by atoms with Gasteiger partial charge in [-0.2, -0.15) is 0 Å². The molecule has 0 unspecified atom stereocenters. The minimum atomic E-state index is -1.63. The third-order valence-electron chi connectivity index (χ3n) is 8.39. The van der Waals surface area contributed by atoms with Crippen molar-refractivity contribution in [1.82, 2.24) is 9.88 Å². The number of hydrogen-bond donors (Lipinski definition) is 6. The number of aromatic nitrogens is 1. The number of carboxylic acids is 1. The highest BCUT2D eigenvalue weighted by Gasteiger charge is 2.53. The number of nitrogens with one attached hydrogen (secondary N) is 1. The molecule has 6 rings (SSSR count). The van der Waals surface area contributed by atoms with Crippen LogP contribution in [-0.4, -0.2) is 96.9 Å². The van der Waals surface area contributed by atoms with E-state index in [9.17, 15) is 35.1 Å². The quantitative estimate of drug-likeness (QED) is 0.280. The Bertz CT molecular complexity index is 1340. The molecule has 0 aliphatic carbocycles. The van der Waals surface area contributed by atoms with Crippen LogP contribution in [0.15, 0.2) is 48.8 Å². The Labute approximate surface area is 222 Å². The molecule has 0 radical (unpaired) electrons. The van der Waals surface area contributed by atoms with E-state index in [1.165, 1.54) is 11.2 Å². The molecule has 0 bridgehead atoms. The lowest BCUT2D eigenvalue weighted by Crippen LogP contribution is -2.60. The smallest absolute Gasteiger partial charge is 0.326 e. The fourth-order valence-corrected chi connectivity index (χ4v) is 6.40. The lowest BCUT2D eigenvalue weighted by atomic mass is 9.73. The van der Waals surface area contributed by atoms with Gasteiger partial charge in [0.15, 0.2) is 6.29 Å². The number of H-pyrrole nitrogens is 1. The highest BCUT2D eigenvalue weighted by atomic mass is 16.8.